The van der Waals surface area contributed by atoms with Crippen LogP contribution in [0.25, 0.3) is 0 Å². The van der Waals surface area contributed by atoms with Crippen LogP contribution in [0.4, 0.5) is 10.1 Å². The first-order valence-corrected chi connectivity index (χ1v) is 7.48. The number of halogens is 1. The van der Waals surface area contributed by atoms with E-state index < -0.39 is 20.7 Å². The zero-order chi connectivity index (χ0) is 14.8. The molecule has 0 spiro atoms. The third kappa shape index (κ3) is 2.97. The number of nitrogens with one attached hydrogen (secondary N) is 1. The van der Waals surface area contributed by atoms with Crippen molar-refractivity contribution in [3.63, 3.8) is 0 Å². The number of hydrogen-bond acceptors (Lipinski definition) is 4. The van der Waals surface area contributed by atoms with Crippen LogP contribution >= 0.6 is 0 Å². The Morgan fingerprint density at radius 3 is 2.75 bits per heavy atom. The Balaban J connectivity index is 2.30. The van der Waals surface area contributed by atoms with Gasteiger partial charge >= 0.3 is 0 Å². The second-order valence-corrected chi connectivity index (χ2v) is 5.81. The molecule has 0 amide bonds. The van der Waals surface area contributed by atoms with Crippen molar-refractivity contribution in [1.29, 1.82) is 0 Å². The summed E-state index contributed by atoms with van der Waals surface area (Å²) in [6, 6.07) is 3.79. The highest BCUT2D eigenvalue weighted by Crippen LogP contribution is 2.19. The zero-order valence-electron chi connectivity index (χ0n) is 10.9. The molecule has 0 aliphatic rings. The molecule has 6 nitrogen and oxygen atoms in total. The van der Waals surface area contributed by atoms with E-state index in [1.165, 1.54) is 24.5 Å². The van der Waals surface area contributed by atoms with Gasteiger partial charge in [-0.1, -0.05) is 6.07 Å². The number of nitrogens with two attached hydrogens (primary N) is 1. The Morgan fingerprint density at radius 2 is 2.20 bits per heavy atom. The largest absolute Gasteiger partial charge is 0.326 e. The highest BCUT2D eigenvalue weighted by atomic mass is 32.2. The van der Waals surface area contributed by atoms with Gasteiger partial charge in [0.1, 0.15) is 10.7 Å². The fourth-order valence-electron chi connectivity index (χ4n) is 1.69. The minimum absolute atomic E-state index is 0.147. The van der Waals surface area contributed by atoms with Gasteiger partial charge in [-0.05, 0) is 24.6 Å². The molecule has 2 rings (SSSR count). The van der Waals surface area contributed by atoms with E-state index in [2.05, 4.69) is 9.82 Å². The summed E-state index contributed by atoms with van der Waals surface area (Å²) >= 11 is 0. The van der Waals surface area contributed by atoms with Gasteiger partial charge in [0.05, 0.1) is 11.9 Å². The molecule has 1 aromatic heterocycles. The summed E-state index contributed by atoms with van der Waals surface area (Å²) in [6.45, 7) is 2.63. The molecule has 0 radical (unpaired) electrons. The quantitative estimate of drug-likeness (QED) is 0.870. The van der Waals surface area contributed by atoms with Gasteiger partial charge in [-0.2, -0.15) is 5.10 Å². The average molecular weight is 298 g/mol. The maximum atomic E-state index is 13.8. The molecule has 3 N–H and O–H groups in total. The first-order valence-electron chi connectivity index (χ1n) is 6.00. The molecular weight excluding hydrogens is 283 g/mol. The van der Waals surface area contributed by atoms with Crippen molar-refractivity contribution in [1.82, 2.24) is 9.78 Å². The van der Waals surface area contributed by atoms with Crippen molar-refractivity contribution in [3.8, 4) is 0 Å². The summed E-state index contributed by atoms with van der Waals surface area (Å²) in [4.78, 5) is -0.418. The Bertz CT molecular complexity index is 712. The Hall–Kier alpha value is -1.93. The average Bonchev–Trinajstić information content (AvgIpc) is 2.85. The van der Waals surface area contributed by atoms with Crippen molar-refractivity contribution in [2.24, 2.45) is 5.73 Å². The number of rotatable bonds is 5. The van der Waals surface area contributed by atoms with Crippen LogP contribution in [0, 0.1) is 5.82 Å². The lowest BCUT2D eigenvalue weighted by atomic mass is 10.2. The van der Waals surface area contributed by atoms with Crippen LogP contribution in [0.1, 0.15) is 12.5 Å². The number of anilines is 1. The van der Waals surface area contributed by atoms with E-state index in [0.29, 0.717) is 12.1 Å². The van der Waals surface area contributed by atoms with Crippen LogP contribution in [0.3, 0.4) is 0 Å². The molecule has 0 saturated heterocycles. The molecule has 0 saturated carbocycles. The van der Waals surface area contributed by atoms with Gasteiger partial charge in [0.2, 0.25) is 0 Å². The second-order valence-electron chi connectivity index (χ2n) is 4.16. The molecule has 108 valence electrons. The summed E-state index contributed by atoms with van der Waals surface area (Å²) in [5, 5.41) is 3.94. The third-order valence-corrected chi connectivity index (χ3v) is 4.15. The van der Waals surface area contributed by atoms with Gasteiger partial charge in [-0.25, -0.2) is 12.8 Å². The van der Waals surface area contributed by atoms with Crippen molar-refractivity contribution in [2.75, 3.05) is 4.72 Å². The van der Waals surface area contributed by atoms with Crippen molar-refractivity contribution in [2.45, 2.75) is 24.9 Å². The topological polar surface area (TPSA) is 90.0 Å². The standard InChI is InChI=1S/C12H15FN4O2S/c1-2-17-8-10(7-15-17)16-20(18,19)12-4-3-9(6-14)5-11(12)13/h3-5,7-8,16H,2,6,14H2,1H3. The van der Waals surface area contributed by atoms with Gasteiger partial charge in [-0.15, -0.1) is 0 Å². The van der Waals surface area contributed by atoms with E-state index >= 15 is 0 Å². The second kappa shape index (κ2) is 5.59. The highest BCUT2D eigenvalue weighted by molar-refractivity contribution is 7.92. The lowest BCUT2D eigenvalue weighted by Crippen LogP contribution is -2.14. The van der Waals surface area contributed by atoms with Crippen LogP contribution in [-0.4, -0.2) is 18.2 Å². The Labute approximate surface area is 116 Å². The minimum atomic E-state index is -3.98. The van der Waals surface area contributed by atoms with E-state index in [9.17, 15) is 12.8 Å². The van der Waals surface area contributed by atoms with Crippen molar-refractivity contribution in [3.05, 3.63) is 42.0 Å². The molecule has 0 fully saturated rings. The number of aryl methyl sites for hydroxylation is 1. The first-order chi connectivity index (χ1) is 9.46. The summed E-state index contributed by atoms with van der Waals surface area (Å²) in [6.07, 6.45) is 2.90. The van der Waals surface area contributed by atoms with Crippen LogP contribution in [-0.2, 0) is 23.1 Å². The zero-order valence-corrected chi connectivity index (χ0v) is 11.7. The van der Waals surface area contributed by atoms with Gasteiger partial charge in [0.25, 0.3) is 10.0 Å². The molecular formula is C12H15FN4O2S. The number of sulfonamides is 1. The number of hydrogen-bond donors (Lipinski definition) is 2. The molecule has 20 heavy (non-hydrogen) atoms. The predicted molar refractivity (Wildman–Crippen MR) is 73.0 cm³/mol. The van der Waals surface area contributed by atoms with Crippen LogP contribution in [0.15, 0.2) is 35.5 Å². The van der Waals surface area contributed by atoms with E-state index in [1.54, 1.807) is 4.68 Å². The lowest BCUT2D eigenvalue weighted by Gasteiger charge is -2.08. The Morgan fingerprint density at radius 1 is 1.45 bits per heavy atom. The SMILES string of the molecule is CCn1cc(NS(=O)(=O)c2ccc(CN)cc2F)cn1. The highest BCUT2D eigenvalue weighted by Gasteiger charge is 2.20. The van der Waals surface area contributed by atoms with Crippen LogP contribution < -0.4 is 10.5 Å². The summed E-state index contributed by atoms with van der Waals surface area (Å²) in [7, 11) is -3.98. The van der Waals surface area contributed by atoms with E-state index in [0.717, 1.165) is 6.07 Å². The van der Waals surface area contributed by atoms with Gasteiger partial charge in [0, 0.05) is 19.3 Å². The van der Waals surface area contributed by atoms with Gasteiger partial charge in [0.15, 0.2) is 0 Å². The number of aromatic nitrogens is 2. The van der Waals surface area contributed by atoms with E-state index in [4.69, 9.17) is 5.73 Å². The molecule has 2 aromatic rings. The monoisotopic (exact) mass is 298 g/mol. The molecule has 1 heterocycles. The van der Waals surface area contributed by atoms with Gasteiger partial charge in [-0.3, -0.25) is 9.40 Å². The Kier molecular flexibility index (Phi) is 4.05. The molecule has 8 heteroatoms. The molecule has 0 aliphatic carbocycles. The fraction of sp³-hybridized carbons (Fsp3) is 0.250. The summed E-state index contributed by atoms with van der Waals surface area (Å²) in [5.41, 5.74) is 6.19. The van der Waals surface area contributed by atoms with Crippen LogP contribution in [0.2, 0.25) is 0 Å². The third-order valence-electron chi connectivity index (χ3n) is 2.73. The molecule has 0 aliphatic heterocycles. The molecule has 0 bridgehead atoms. The summed E-state index contributed by atoms with van der Waals surface area (Å²) in [5.74, 6) is -0.830. The van der Waals surface area contributed by atoms with Crippen molar-refractivity contribution >= 4 is 15.7 Å². The minimum Gasteiger partial charge on any atom is -0.326 e. The maximum absolute atomic E-state index is 13.8. The summed E-state index contributed by atoms with van der Waals surface area (Å²) < 4.78 is 41.9. The van der Waals surface area contributed by atoms with E-state index in [1.807, 2.05) is 6.92 Å². The lowest BCUT2D eigenvalue weighted by molar-refractivity contribution is 0.569. The predicted octanol–water partition coefficient (Wildman–Crippen LogP) is 1.30. The molecule has 0 unspecified atom stereocenters. The fourth-order valence-corrected chi connectivity index (χ4v) is 2.78. The van der Waals surface area contributed by atoms with Gasteiger partial charge < -0.3 is 5.73 Å². The number of nitrogens with zero attached hydrogens (tertiary/aromatic N) is 2. The maximum Gasteiger partial charge on any atom is 0.264 e. The van der Waals surface area contributed by atoms with E-state index in [-0.39, 0.29) is 12.2 Å². The number of benzene rings is 1. The smallest absolute Gasteiger partial charge is 0.264 e. The molecule has 1 aromatic carbocycles. The first kappa shape index (κ1) is 14.5. The molecule has 0 atom stereocenters. The van der Waals surface area contributed by atoms with Crippen LogP contribution in [0.5, 0.6) is 0 Å². The normalized spacial score (nSPS) is 11.6. The van der Waals surface area contributed by atoms with Crippen molar-refractivity contribution < 1.29 is 12.8 Å².